The van der Waals surface area contributed by atoms with Crippen molar-refractivity contribution in [2.75, 3.05) is 11.0 Å². The first-order valence-electron chi connectivity index (χ1n) is 10.2. The minimum absolute atomic E-state index is 0.203. The second-order valence-electron chi connectivity index (χ2n) is 8.13. The average Bonchev–Trinajstić information content (AvgIpc) is 3.29. The number of pyridine rings is 1. The number of hydrogen-bond donors (Lipinski definition) is 2. The number of hydrogen-bond acceptors (Lipinski definition) is 3. The maximum absolute atomic E-state index is 13.7. The van der Waals surface area contributed by atoms with E-state index in [1.807, 2.05) is 41.2 Å². The number of sulfonamides is 1. The van der Waals surface area contributed by atoms with Crippen LogP contribution in [-0.4, -0.2) is 28.8 Å². The van der Waals surface area contributed by atoms with Gasteiger partial charge in [-0.1, -0.05) is 12.1 Å². The zero-order valence-electron chi connectivity index (χ0n) is 18.0. The lowest BCUT2D eigenvalue weighted by atomic mass is 10.0. The average molecular weight is 465 g/mol. The maximum Gasteiger partial charge on any atom is 0.272 e. The molecule has 0 aliphatic carbocycles. The number of aromatic amines is 1. The summed E-state index contributed by atoms with van der Waals surface area (Å²) in [5.74, 6) is -0.315. The van der Waals surface area contributed by atoms with E-state index in [2.05, 4.69) is 9.71 Å². The topological polar surface area (TPSA) is 88.9 Å². The summed E-state index contributed by atoms with van der Waals surface area (Å²) < 4.78 is 44.2. The van der Waals surface area contributed by atoms with Gasteiger partial charge in [-0.05, 0) is 47.5 Å². The van der Waals surface area contributed by atoms with Gasteiger partial charge in [0.15, 0.2) is 0 Å². The minimum atomic E-state index is -3.54. The number of nitrogens with zero attached hydrogens (tertiary/aromatic N) is 2. The lowest BCUT2D eigenvalue weighted by molar-refractivity contribution is 0.607. The summed E-state index contributed by atoms with van der Waals surface area (Å²) in [6.07, 6.45) is 6.40. The molecule has 0 aliphatic heterocycles. The van der Waals surface area contributed by atoms with Crippen LogP contribution in [0.25, 0.3) is 32.9 Å². The third kappa shape index (κ3) is 3.91. The maximum atomic E-state index is 13.7. The Morgan fingerprint density at radius 1 is 1.09 bits per heavy atom. The Kier molecular flexibility index (Phi) is 4.86. The Morgan fingerprint density at radius 2 is 1.91 bits per heavy atom. The van der Waals surface area contributed by atoms with E-state index < -0.39 is 10.0 Å². The van der Waals surface area contributed by atoms with E-state index in [1.54, 1.807) is 29.9 Å². The molecule has 168 valence electrons. The van der Waals surface area contributed by atoms with Gasteiger partial charge in [-0.2, -0.15) is 0 Å². The molecule has 0 aliphatic rings. The third-order valence-electron chi connectivity index (χ3n) is 5.64. The van der Waals surface area contributed by atoms with Gasteiger partial charge in [0, 0.05) is 48.5 Å². The van der Waals surface area contributed by atoms with E-state index in [9.17, 15) is 17.6 Å². The molecule has 0 spiro atoms. The van der Waals surface area contributed by atoms with Crippen LogP contribution < -0.4 is 10.3 Å². The Bertz CT molecular complexity index is 1700. The van der Waals surface area contributed by atoms with Crippen LogP contribution in [0.3, 0.4) is 0 Å². The molecule has 9 heteroatoms. The molecule has 0 bridgehead atoms. The van der Waals surface area contributed by atoms with Crippen molar-refractivity contribution >= 4 is 37.5 Å². The highest BCUT2D eigenvalue weighted by Gasteiger charge is 2.17. The number of benzene rings is 2. The lowest BCUT2D eigenvalue weighted by Gasteiger charge is -2.12. The van der Waals surface area contributed by atoms with Crippen LogP contribution in [0, 0.1) is 5.82 Å². The molecule has 0 saturated carbocycles. The van der Waals surface area contributed by atoms with E-state index >= 15 is 0 Å². The van der Waals surface area contributed by atoms with Crippen molar-refractivity contribution in [1.29, 1.82) is 0 Å². The molecule has 5 rings (SSSR count). The number of halogens is 1. The van der Waals surface area contributed by atoms with Gasteiger partial charge in [0.1, 0.15) is 11.3 Å². The molecule has 0 saturated heterocycles. The number of anilines is 1. The van der Waals surface area contributed by atoms with E-state index in [1.165, 1.54) is 12.1 Å². The third-order valence-corrected chi connectivity index (χ3v) is 6.23. The monoisotopic (exact) mass is 464 g/mol. The van der Waals surface area contributed by atoms with Crippen molar-refractivity contribution in [3.63, 3.8) is 0 Å². The molecular formula is C24H21FN4O3S. The molecule has 2 aromatic carbocycles. The van der Waals surface area contributed by atoms with E-state index in [0.29, 0.717) is 17.7 Å². The van der Waals surface area contributed by atoms with Gasteiger partial charge in [-0.25, -0.2) is 12.8 Å². The van der Waals surface area contributed by atoms with Crippen molar-refractivity contribution in [2.24, 2.45) is 7.05 Å². The molecule has 33 heavy (non-hydrogen) atoms. The summed E-state index contributed by atoms with van der Waals surface area (Å²) in [5, 5.41) is 1.48. The second kappa shape index (κ2) is 7.63. The number of aryl methyl sites for hydroxylation is 1. The summed E-state index contributed by atoms with van der Waals surface area (Å²) >= 11 is 0. The molecule has 3 aromatic heterocycles. The Morgan fingerprint density at radius 3 is 2.67 bits per heavy atom. The molecule has 0 radical (unpaired) electrons. The standard InChI is InChI=1S/C24H21FN4O3S/c1-28-14-20(18-6-8-26-24(30)23(18)28)16-11-21(27-33(2,31)32)19-7-9-29(22(19)12-16)13-15-4-3-5-17(25)10-15/h3-12,14,27H,13H2,1-2H3,(H,26,30). The Hall–Kier alpha value is -3.85. The van der Waals surface area contributed by atoms with Crippen molar-refractivity contribution in [3.05, 3.63) is 88.9 Å². The van der Waals surface area contributed by atoms with Gasteiger partial charge in [0.25, 0.3) is 5.56 Å². The highest BCUT2D eigenvalue weighted by atomic mass is 32.2. The number of nitrogens with one attached hydrogen (secondary N) is 2. The number of aromatic nitrogens is 3. The van der Waals surface area contributed by atoms with Gasteiger partial charge >= 0.3 is 0 Å². The van der Waals surface area contributed by atoms with Crippen molar-refractivity contribution < 1.29 is 12.8 Å². The summed E-state index contributed by atoms with van der Waals surface area (Å²) in [6, 6.07) is 13.8. The first-order chi connectivity index (χ1) is 15.7. The van der Waals surface area contributed by atoms with Crippen LogP contribution in [0.5, 0.6) is 0 Å². The van der Waals surface area contributed by atoms with Crippen LogP contribution in [0.4, 0.5) is 10.1 Å². The van der Waals surface area contributed by atoms with Crippen LogP contribution in [0.1, 0.15) is 5.56 Å². The highest BCUT2D eigenvalue weighted by molar-refractivity contribution is 7.92. The molecule has 5 aromatic rings. The minimum Gasteiger partial charge on any atom is -0.345 e. The van der Waals surface area contributed by atoms with Crippen LogP contribution in [-0.2, 0) is 23.6 Å². The van der Waals surface area contributed by atoms with Crippen LogP contribution in [0.15, 0.2) is 71.9 Å². The van der Waals surface area contributed by atoms with Crippen LogP contribution in [0.2, 0.25) is 0 Å². The largest absolute Gasteiger partial charge is 0.345 e. The molecule has 0 unspecified atom stereocenters. The fourth-order valence-electron chi connectivity index (χ4n) is 4.30. The van der Waals surface area contributed by atoms with E-state index in [-0.39, 0.29) is 11.4 Å². The fraction of sp³-hybridized carbons (Fsp3) is 0.125. The Balaban J connectivity index is 1.75. The quantitative estimate of drug-likeness (QED) is 0.411. The zero-order valence-corrected chi connectivity index (χ0v) is 18.8. The van der Waals surface area contributed by atoms with E-state index in [4.69, 9.17) is 0 Å². The molecular weight excluding hydrogens is 443 g/mol. The van der Waals surface area contributed by atoms with E-state index in [0.717, 1.165) is 39.2 Å². The lowest BCUT2D eigenvalue weighted by Crippen LogP contribution is -2.10. The summed E-state index contributed by atoms with van der Waals surface area (Å²) in [5.41, 5.74) is 3.88. The van der Waals surface area contributed by atoms with Crippen LogP contribution >= 0.6 is 0 Å². The summed E-state index contributed by atoms with van der Waals surface area (Å²) in [4.78, 5) is 15.0. The smallest absolute Gasteiger partial charge is 0.272 e. The number of fused-ring (bicyclic) bond motifs is 2. The van der Waals surface area contributed by atoms with Gasteiger partial charge in [-0.3, -0.25) is 9.52 Å². The molecule has 0 atom stereocenters. The Labute approximate surface area is 189 Å². The fourth-order valence-corrected chi connectivity index (χ4v) is 4.87. The summed E-state index contributed by atoms with van der Waals surface area (Å²) in [6.45, 7) is 0.415. The molecule has 2 N–H and O–H groups in total. The predicted molar refractivity (Wildman–Crippen MR) is 128 cm³/mol. The van der Waals surface area contributed by atoms with Crippen molar-refractivity contribution in [2.45, 2.75) is 6.54 Å². The van der Waals surface area contributed by atoms with Gasteiger partial charge < -0.3 is 14.1 Å². The van der Waals surface area contributed by atoms with Crippen molar-refractivity contribution in [3.8, 4) is 11.1 Å². The van der Waals surface area contributed by atoms with Gasteiger partial charge in [0.2, 0.25) is 10.0 Å². The molecule has 0 fully saturated rings. The SMILES string of the molecule is Cn1cc(-c2cc(NS(C)(=O)=O)c3ccn(Cc4cccc(F)c4)c3c2)c2cc[nH]c(=O)c21. The molecule has 0 amide bonds. The predicted octanol–water partition coefficient (Wildman–Crippen LogP) is 4.05. The zero-order chi connectivity index (χ0) is 23.3. The van der Waals surface area contributed by atoms with Crippen molar-refractivity contribution in [1.82, 2.24) is 14.1 Å². The highest BCUT2D eigenvalue weighted by Crippen LogP contribution is 2.36. The number of rotatable bonds is 5. The number of H-pyrrole nitrogens is 1. The summed E-state index contributed by atoms with van der Waals surface area (Å²) in [7, 11) is -1.74. The molecule has 7 nitrogen and oxygen atoms in total. The van der Waals surface area contributed by atoms with Gasteiger partial charge in [-0.15, -0.1) is 0 Å². The second-order valence-corrected chi connectivity index (χ2v) is 9.88. The van der Waals surface area contributed by atoms with Gasteiger partial charge in [0.05, 0.1) is 17.5 Å². The first kappa shape index (κ1) is 21.0. The normalized spacial score (nSPS) is 12.0. The molecule has 3 heterocycles. The first-order valence-corrected chi connectivity index (χ1v) is 12.1.